The van der Waals surface area contributed by atoms with Gasteiger partial charge in [-0.2, -0.15) is 5.10 Å². The lowest BCUT2D eigenvalue weighted by Crippen LogP contribution is -2.17. The number of rotatable bonds is 11. The van der Waals surface area contributed by atoms with E-state index in [0.29, 0.717) is 12.2 Å². The second-order valence-corrected chi connectivity index (χ2v) is 9.36. The summed E-state index contributed by atoms with van der Waals surface area (Å²) < 4.78 is 7.66. The Hall–Kier alpha value is -2.18. The highest BCUT2D eigenvalue weighted by molar-refractivity contribution is 9.11. The molecule has 1 N–H and O–H groups in total. The molecule has 0 saturated carbocycles. The van der Waals surface area contributed by atoms with Gasteiger partial charge in [-0.15, -0.1) is 0 Å². The van der Waals surface area contributed by atoms with Crippen molar-refractivity contribution in [3.8, 4) is 5.75 Å². The zero-order valence-corrected chi connectivity index (χ0v) is 21.4. The van der Waals surface area contributed by atoms with Gasteiger partial charge in [0.15, 0.2) is 0 Å². The fourth-order valence-electron chi connectivity index (χ4n) is 3.50. The fourth-order valence-corrected chi connectivity index (χ4v) is 4.95. The molecular weight excluding hydrogens is 532 g/mol. The first-order chi connectivity index (χ1) is 15.6. The molecule has 0 spiro atoms. The van der Waals surface area contributed by atoms with Crippen molar-refractivity contribution < 1.29 is 9.53 Å². The zero-order chi connectivity index (χ0) is 22.8. The van der Waals surface area contributed by atoms with E-state index in [1.165, 1.54) is 32.1 Å². The normalized spacial score (nSPS) is 11.2. The zero-order valence-electron chi connectivity index (χ0n) is 18.2. The van der Waals surface area contributed by atoms with E-state index >= 15 is 0 Å². The van der Waals surface area contributed by atoms with E-state index in [9.17, 15) is 4.79 Å². The van der Waals surface area contributed by atoms with Crippen LogP contribution in [-0.2, 0) is 0 Å². The van der Waals surface area contributed by atoms with Gasteiger partial charge in [-0.1, -0.05) is 75.4 Å². The number of halogens is 2. The molecule has 3 aromatic carbocycles. The molecule has 0 aliphatic rings. The Labute approximate surface area is 206 Å². The van der Waals surface area contributed by atoms with Crippen LogP contribution in [0.4, 0.5) is 0 Å². The molecule has 0 aliphatic heterocycles. The molecule has 6 heteroatoms. The Morgan fingerprint density at radius 1 is 0.969 bits per heavy atom. The van der Waals surface area contributed by atoms with Gasteiger partial charge in [-0.3, -0.25) is 4.79 Å². The third kappa shape index (κ3) is 6.91. The number of amides is 1. The lowest BCUT2D eigenvalue weighted by Gasteiger charge is -2.11. The topological polar surface area (TPSA) is 50.7 Å². The van der Waals surface area contributed by atoms with E-state index in [0.717, 1.165) is 37.5 Å². The molecule has 0 heterocycles. The quantitative estimate of drug-likeness (QED) is 0.148. The van der Waals surface area contributed by atoms with Crippen molar-refractivity contribution in [1.29, 1.82) is 0 Å². The van der Waals surface area contributed by atoms with Crippen LogP contribution in [0.1, 0.15) is 61.4 Å². The average molecular weight is 560 g/mol. The predicted molar refractivity (Wildman–Crippen MR) is 140 cm³/mol. The summed E-state index contributed by atoms with van der Waals surface area (Å²) in [5.74, 6) is 0.547. The van der Waals surface area contributed by atoms with Gasteiger partial charge in [-0.25, -0.2) is 5.43 Å². The van der Waals surface area contributed by atoms with Crippen LogP contribution < -0.4 is 10.2 Å². The maximum atomic E-state index is 12.6. The molecule has 32 heavy (non-hydrogen) atoms. The summed E-state index contributed by atoms with van der Waals surface area (Å²) in [5.41, 5.74) is 4.06. The van der Waals surface area contributed by atoms with Gasteiger partial charge in [0.05, 0.1) is 21.8 Å². The molecule has 3 aromatic rings. The smallest absolute Gasteiger partial charge is 0.271 e. The molecule has 0 fully saturated rings. The standard InChI is InChI=1S/C26H28Br2N2O2/c1-2-3-4-5-6-9-15-32-25-23(27)16-19(17-24(25)28)18-29-30-26(31)22-14-10-12-20-11-7-8-13-21(20)22/h7-8,10-14,16-18H,2-6,9,15H2,1H3,(H,30,31)/b29-18+. The number of nitrogens with zero attached hydrogens (tertiary/aromatic N) is 1. The Morgan fingerprint density at radius 3 is 2.44 bits per heavy atom. The third-order valence-electron chi connectivity index (χ3n) is 5.18. The van der Waals surface area contributed by atoms with Crippen LogP contribution in [0.5, 0.6) is 5.75 Å². The van der Waals surface area contributed by atoms with E-state index in [1.54, 1.807) is 12.3 Å². The first kappa shape index (κ1) is 24.5. The van der Waals surface area contributed by atoms with E-state index in [-0.39, 0.29) is 5.91 Å². The highest BCUT2D eigenvalue weighted by Crippen LogP contribution is 2.34. The Balaban J connectivity index is 1.56. The fraction of sp³-hybridized carbons (Fsp3) is 0.308. The van der Waals surface area contributed by atoms with Crippen molar-refractivity contribution in [3.05, 3.63) is 74.7 Å². The molecule has 0 radical (unpaired) electrons. The summed E-state index contributed by atoms with van der Waals surface area (Å²) in [7, 11) is 0. The number of nitrogens with one attached hydrogen (secondary N) is 1. The molecule has 168 valence electrons. The molecule has 3 rings (SSSR count). The van der Waals surface area contributed by atoms with Crippen molar-refractivity contribution >= 4 is 54.8 Å². The molecule has 0 aliphatic carbocycles. The van der Waals surface area contributed by atoms with Gasteiger partial charge in [-0.05, 0) is 72.8 Å². The highest BCUT2D eigenvalue weighted by atomic mass is 79.9. The minimum atomic E-state index is -0.241. The Morgan fingerprint density at radius 2 is 1.66 bits per heavy atom. The number of hydrazone groups is 1. The minimum absolute atomic E-state index is 0.241. The van der Waals surface area contributed by atoms with E-state index in [2.05, 4.69) is 49.3 Å². The second-order valence-electron chi connectivity index (χ2n) is 7.66. The SMILES string of the molecule is CCCCCCCCOc1c(Br)cc(/C=N/NC(=O)c2cccc3ccccc23)cc1Br. The highest BCUT2D eigenvalue weighted by Gasteiger charge is 2.10. The maximum absolute atomic E-state index is 12.6. The average Bonchev–Trinajstić information content (AvgIpc) is 2.79. The first-order valence-corrected chi connectivity index (χ1v) is 12.6. The maximum Gasteiger partial charge on any atom is 0.271 e. The van der Waals surface area contributed by atoms with E-state index < -0.39 is 0 Å². The van der Waals surface area contributed by atoms with Gasteiger partial charge in [0.2, 0.25) is 0 Å². The largest absolute Gasteiger partial charge is 0.491 e. The van der Waals surface area contributed by atoms with Crippen LogP contribution in [0.2, 0.25) is 0 Å². The molecule has 1 amide bonds. The van der Waals surface area contributed by atoms with Crippen LogP contribution in [0.15, 0.2) is 68.6 Å². The molecule has 0 atom stereocenters. The molecule has 0 bridgehead atoms. The van der Waals surface area contributed by atoms with Gasteiger partial charge in [0, 0.05) is 5.56 Å². The summed E-state index contributed by atoms with van der Waals surface area (Å²) in [6.45, 7) is 2.92. The third-order valence-corrected chi connectivity index (χ3v) is 6.36. The summed E-state index contributed by atoms with van der Waals surface area (Å²) in [4.78, 5) is 12.6. The number of unbranched alkanes of at least 4 members (excludes halogenated alkanes) is 5. The molecule has 0 aromatic heterocycles. The summed E-state index contributed by atoms with van der Waals surface area (Å²) in [5, 5.41) is 6.07. The van der Waals surface area contributed by atoms with Crippen molar-refractivity contribution in [2.24, 2.45) is 5.10 Å². The van der Waals surface area contributed by atoms with Gasteiger partial charge >= 0.3 is 0 Å². The van der Waals surface area contributed by atoms with E-state index in [1.807, 2.05) is 48.5 Å². The van der Waals surface area contributed by atoms with Gasteiger partial charge < -0.3 is 4.74 Å². The van der Waals surface area contributed by atoms with Crippen LogP contribution in [0.3, 0.4) is 0 Å². The molecule has 4 nitrogen and oxygen atoms in total. The van der Waals surface area contributed by atoms with Gasteiger partial charge in [0.25, 0.3) is 5.91 Å². The van der Waals surface area contributed by atoms with Crippen LogP contribution >= 0.6 is 31.9 Å². The number of carbonyl (C=O) groups excluding carboxylic acids is 1. The summed E-state index contributed by atoms with van der Waals surface area (Å²) >= 11 is 7.16. The molecule has 0 saturated heterocycles. The number of benzene rings is 3. The second kappa shape index (κ2) is 12.8. The van der Waals surface area contributed by atoms with Gasteiger partial charge in [0.1, 0.15) is 5.75 Å². The predicted octanol–water partition coefficient (Wildman–Crippen LogP) is 7.87. The lowest BCUT2D eigenvalue weighted by atomic mass is 10.0. The van der Waals surface area contributed by atoms with Crippen molar-refractivity contribution in [2.45, 2.75) is 45.4 Å². The monoisotopic (exact) mass is 558 g/mol. The molecular formula is C26H28Br2N2O2. The van der Waals surface area contributed by atoms with Crippen molar-refractivity contribution in [1.82, 2.24) is 5.43 Å². The number of fused-ring (bicyclic) bond motifs is 1. The van der Waals surface area contributed by atoms with Crippen LogP contribution in [-0.4, -0.2) is 18.7 Å². The van der Waals surface area contributed by atoms with Crippen LogP contribution in [0.25, 0.3) is 10.8 Å². The number of hydrogen-bond acceptors (Lipinski definition) is 3. The summed E-state index contributed by atoms with van der Waals surface area (Å²) in [6, 6.07) is 17.3. The minimum Gasteiger partial charge on any atom is -0.491 e. The molecule has 0 unspecified atom stereocenters. The number of ether oxygens (including phenoxy) is 1. The van der Waals surface area contributed by atoms with Crippen molar-refractivity contribution in [3.63, 3.8) is 0 Å². The lowest BCUT2D eigenvalue weighted by molar-refractivity contribution is 0.0957. The summed E-state index contributed by atoms with van der Waals surface area (Å²) in [6.07, 6.45) is 9.00. The first-order valence-electron chi connectivity index (χ1n) is 11.0. The Bertz CT molecular complexity index is 1050. The number of hydrogen-bond donors (Lipinski definition) is 1. The van der Waals surface area contributed by atoms with E-state index in [4.69, 9.17) is 4.74 Å². The van der Waals surface area contributed by atoms with Crippen molar-refractivity contribution in [2.75, 3.05) is 6.61 Å². The van der Waals surface area contributed by atoms with Crippen LogP contribution in [0, 0.1) is 0 Å². The number of carbonyl (C=O) groups is 1. The Kier molecular flexibility index (Phi) is 9.75.